The molecule has 2 aromatic rings. The zero-order chi connectivity index (χ0) is 37.3. The molecule has 0 aromatic heterocycles. The Bertz CT molecular complexity index is 1850. The number of ether oxygens (including phenoxy) is 6. The van der Waals surface area contributed by atoms with Crippen LogP contribution in [0.4, 0.5) is 0 Å². The highest BCUT2D eigenvalue weighted by Crippen LogP contribution is 2.52. The number of carbonyl (C=O) groups is 4. The number of likely N-dealkylation sites (tertiary alicyclic amines) is 1. The number of phenolic OH excluding ortho intramolecular Hbond substituents is 2. The molecule has 0 saturated carbocycles. The summed E-state index contributed by atoms with van der Waals surface area (Å²) in [7, 11) is 2.94. The Kier molecular flexibility index (Phi) is 9.41. The maximum Gasteiger partial charge on any atom is 0.239 e. The Morgan fingerprint density at radius 2 is 1.83 bits per heavy atom. The van der Waals surface area contributed by atoms with Crippen molar-refractivity contribution in [3.63, 3.8) is 0 Å². The minimum Gasteiger partial charge on any atom is -0.507 e. The Hall–Kier alpha value is -4.16. The number of benzene rings is 2. The number of amides is 2. The Morgan fingerprint density at radius 1 is 1.04 bits per heavy atom. The van der Waals surface area contributed by atoms with Crippen LogP contribution < -0.4 is 15.8 Å². The quantitative estimate of drug-likeness (QED) is 0.235. The fraction of sp³-hybridized carbons (Fsp3) is 0.568. The van der Waals surface area contributed by atoms with Crippen molar-refractivity contribution in [3.8, 4) is 17.2 Å². The van der Waals surface area contributed by atoms with Crippen LogP contribution in [-0.2, 0) is 39.7 Å². The second kappa shape index (κ2) is 13.9. The molecule has 0 radical (unpaired) electrons. The van der Waals surface area contributed by atoms with Crippen LogP contribution in [0.15, 0.2) is 18.2 Å². The highest BCUT2D eigenvalue weighted by Gasteiger charge is 2.54. The van der Waals surface area contributed by atoms with E-state index >= 15 is 0 Å². The number of fused-ring (bicyclic) bond motifs is 6. The lowest BCUT2D eigenvalue weighted by molar-refractivity contribution is -0.254. The van der Waals surface area contributed by atoms with Gasteiger partial charge in [-0.1, -0.05) is 12.1 Å². The van der Waals surface area contributed by atoms with Crippen LogP contribution in [0.25, 0.3) is 0 Å². The second-order valence-corrected chi connectivity index (χ2v) is 14.4. The van der Waals surface area contributed by atoms with Crippen LogP contribution in [0.1, 0.15) is 75.3 Å². The van der Waals surface area contributed by atoms with Gasteiger partial charge in [-0.2, -0.15) is 0 Å². The van der Waals surface area contributed by atoms with Crippen LogP contribution in [0, 0.1) is 5.92 Å². The van der Waals surface area contributed by atoms with Crippen LogP contribution in [-0.4, -0.2) is 133 Å². The van der Waals surface area contributed by atoms with Gasteiger partial charge in [0.1, 0.15) is 23.4 Å². The fourth-order valence-corrected chi connectivity index (χ4v) is 8.94. The summed E-state index contributed by atoms with van der Waals surface area (Å²) in [6.07, 6.45) is -2.65. The van der Waals surface area contributed by atoms with Crippen molar-refractivity contribution in [2.24, 2.45) is 11.7 Å². The molecule has 4 saturated heterocycles. The smallest absolute Gasteiger partial charge is 0.239 e. The first-order valence-electron chi connectivity index (χ1n) is 18.1. The van der Waals surface area contributed by atoms with Gasteiger partial charge in [-0.05, 0) is 32.3 Å². The summed E-state index contributed by atoms with van der Waals surface area (Å²) in [5.74, 6) is -3.49. The highest BCUT2D eigenvalue weighted by molar-refractivity contribution is 6.31. The van der Waals surface area contributed by atoms with Gasteiger partial charge in [-0.25, -0.2) is 0 Å². The highest BCUT2D eigenvalue weighted by atomic mass is 16.7. The molecule has 0 spiro atoms. The van der Waals surface area contributed by atoms with Crippen molar-refractivity contribution in [1.29, 1.82) is 0 Å². The van der Waals surface area contributed by atoms with Gasteiger partial charge >= 0.3 is 0 Å². The normalized spacial score (nSPS) is 32.1. The van der Waals surface area contributed by atoms with Crippen molar-refractivity contribution in [2.45, 2.75) is 81.8 Å². The molecule has 5 N–H and O–H groups in total. The predicted molar refractivity (Wildman–Crippen MR) is 182 cm³/mol. The summed E-state index contributed by atoms with van der Waals surface area (Å²) in [6, 6.07) is 3.91. The van der Waals surface area contributed by atoms with Crippen LogP contribution in [0.2, 0.25) is 0 Å². The molecule has 53 heavy (non-hydrogen) atoms. The van der Waals surface area contributed by atoms with Crippen LogP contribution >= 0.6 is 0 Å². The topological polar surface area (TPSA) is 209 Å². The number of methoxy groups -OCH3 is 2. The molecule has 4 heterocycles. The predicted octanol–water partition coefficient (Wildman–Crippen LogP) is 0.711. The first-order chi connectivity index (χ1) is 25.5. The maximum absolute atomic E-state index is 14.1. The number of rotatable bonds is 8. The van der Waals surface area contributed by atoms with E-state index in [1.807, 2.05) is 6.92 Å². The summed E-state index contributed by atoms with van der Waals surface area (Å²) in [5, 5.41) is 26.7. The van der Waals surface area contributed by atoms with E-state index in [4.69, 9.17) is 34.2 Å². The Morgan fingerprint density at radius 3 is 2.57 bits per heavy atom. The maximum atomic E-state index is 14.1. The third kappa shape index (κ3) is 5.87. The first-order valence-corrected chi connectivity index (χ1v) is 18.1. The summed E-state index contributed by atoms with van der Waals surface area (Å²) in [5.41, 5.74) is 5.42. The minimum absolute atomic E-state index is 0.0173. The van der Waals surface area contributed by atoms with Gasteiger partial charge in [0.25, 0.3) is 0 Å². The number of nitrogens with one attached hydrogen (secondary N) is 1. The number of morpholine rings is 1. The molecule has 6 aliphatic rings. The van der Waals surface area contributed by atoms with E-state index < -0.39 is 66.0 Å². The molecule has 4 fully saturated rings. The lowest BCUT2D eigenvalue weighted by Gasteiger charge is -2.42. The first kappa shape index (κ1) is 35.8. The summed E-state index contributed by atoms with van der Waals surface area (Å²) in [4.78, 5) is 57.9. The molecule has 9 atom stereocenters. The monoisotopic (exact) mass is 736 g/mol. The molecule has 2 aromatic carbocycles. The number of hydrogen-bond donors (Lipinski definition) is 4. The van der Waals surface area contributed by atoms with Crippen molar-refractivity contribution in [3.05, 3.63) is 51.6 Å². The molecule has 284 valence electrons. The van der Waals surface area contributed by atoms with Crippen molar-refractivity contribution in [1.82, 2.24) is 15.1 Å². The van der Waals surface area contributed by atoms with Gasteiger partial charge in [-0.15, -0.1) is 0 Å². The molecule has 16 heteroatoms. The largest absolute Gasteiger partial charge is 0.507 e. The van der Waals surface area contributed by atoms with Gasteiger partial charge in [-0.3, -0.25) is 24.1 Å². The number of phenols is 2. The third-order valence-electron chi connectivity index (χ3n) is 11.5. The number of hydrogen-bond acceptors (Lipinski definition) is 14. The van der Waals surface area contributed by atoms with E-state index in [1.54, 1.807) is 24.1 Å². The molecule has 0 bridgehead atoms. The molecule has 8 rings (SSSR count). The standard InChI is InChI=1S/C37H44N4O12/c1-16-33-21(41-11-12-50-37(49-3)36(41)53-33)15-24(51-16)52-23-14-17(34(46)39-8-10-40-9-7-20(38)35(40)47)13-19-26(23)32(45)28-27(30(19)43)29(42)18-5-4-6-22(48-2)25(18)31(28)44/h4-6,16-17,20-21,23-24,33,36-37,43,45H,7-15,38H2,1-3H3,(H,39,46)/t16-,17+,20?,21-,23-,24-,33+,36+,37-/m0/s1. The number of nitrogens with two attached hydrogens (primary N) is 1. The number of carbonyl (C=O) groups excluding carboxylic acids is 4. The van der Waals surface area contributed by atoms with E-state index in [-0.39, 0.29) is 89.0 Å². The third-order valence-corrected chi connectivity index (χ3v) is 11.5. The molecule has 16 nitrogen and oxygen atoms in total. The minimum atomic E-state index is -1.03. The van der Waals surface area contributed by atoms with E-state index in [1.165, 1.54) is 13.2 Å². The lowest BCUT2D eigenvalue weighted by Crippen LogP contribution is -2.55. The zero-order valence-corrected chi connectivity index (χ0v) is 29.7. The lowest BCUT2D eigenvalue weighted by atomic mass is 9.74. The molecular weight excluding hydrogens is 692 g/mol. The molecule has 2 amide bonds. The molecule has 4 aliphatic heterocycles. The van der Waals surface area contributed by atoms with Gasteiger partial charge in [0, 0.05) is 68.4 Å². The van der Waals surface area contributed by atoms with Gasteiger partial charge in [0.05, 0.1) is 48.7 Å². The summed E-state index contributed by atoms with van der Waals surface area (Å²) in [6.45, 7) is 3.90. The average molecular weight is 737 g/mol. The van der Waals surface area contributed by atoms with Crippen molar-refractivity contribution < 1.29 is 57.8 Å². The number of ketones is 2. The van der Waals surface area contributed by atoms with Crippen LogP contribution in [0.3, 0.4) is 0 Å². The second-order valence-electron chi connectivity index (χ2n) is 14.4. The van der Waals surface area contributed by atoms with E-state index in [2.05, 4.69) is 10.2 Å². The van der Waals surface area contributed by atoms with Gasteiger partial charge in [0.15, 0.2) is 24.6 Å². The fourth-order valence-electron chi connectivity index (χ4n) is 8.94. The van der Waals surface area contributed by atoms with E-state index in [9.17, 15) is 29.4 Å². The summed E-state index contributed by atoms with van der Waals surface area (Å²) >= 11 is 0. The Labute approximate surface area is 305 Å². The molecule has 2 aliphatic carbocycles. The van der Waals surface area contributed by atoms with Crippen molar-refractivity contribution in [2.75, 3.05) is 47.0 Å². The van der Waals surface area contributed by atoms with Gasteiger partial charge in [0.2, 0.25) is 17.6 Å². The Balaban J connectivity index is 1.12. The zero-order valence-electron chi connectivity index (χ0n) is 29.7. The van der Waals surface area contributed by atoms with Crippen molar-refractivity contribution >= 4 is 23.4 Å². The van der Waals surface area contributed by atoms with E-state index in [0.29, 0.717) is 32.5 Å². The molecular formula is C37H44N4O12. The molecule has 1 unspecified atom stereocenters. The van der Waals surface area contributed by atoms with Crippen LogP contribution in [0.5, 0.6) is 17.2 Å². The van der Waals surface area contributed by atoms with Gasteiger partial charge < -0.3 is 54.6 Å². The summed E-state index contributed by atoms with van der Waals surface area (Å²) < 4.78 is 36.0. The number of nitrogens with zero attached hydrogens (tertiary/aromatic N) is 2. The number of aromatic hydroxyl groups is 2. The van der Waals surface area contributed by atoms with E-state index in [0.717, 1.165) is 0 Å². The SMILES string of the molecule is COc1cccc2c1C(=O)c1c(O)c3c(c(O)c1C2=O)C[C@@H](C(=O)NCCN1CCC(N)C1=O)C[C@@H]3O[C@H]1C[C@H]2[C@H](O[C@@H]3[C@@H](OC)OCCN32)[C@H](C)O1. The average Bonchev–Trinajstić information content (AvgIpc) is 3.70.